The number of hydrogen-bond donors (Lipinski definition) is 1. The number of benzene rings is 1. The molecule has 4 nitrogen and oxygen atoms in total. The Labute approximate surface area is 120 Å². The van der Waals surface area contributed by atoms with Gasteiger partial charge in [0.05, 0.1) is 11.4 Å². The van der Waals surface area contributed by atoms with E-state index in [-0.39, 0.29) is 24.3 Å². The van der Waals surface area contributed by atoms with Gasteiger partial charge < -0.3 is 10.2 Å². The molecule has 1 N–H and O–H groups in total. The van der Waals surface area contributed by atoms with E-state index in [4.69, 9.17) is 0 Å². The highest BCUT2D eigenvalue weighted by Gasteiger charge is 2.32. The second-order valence-corrected chi connectivity index (χ2v) is 6.03. The molecule has 0 aromatic heterocycles. The summed E-state index contributed by atoms with van der Waals surface area (Å²) in [7, 11) is 0. The van der Waals surface area contributed by atoms with Crippen molar-refractivity contribution < 1.29 is 9.59 Å². The van der Waals surface area contributed by atoms with Gasteiger partial charge in [-0.2, -0.15) is 0 Å². The summed E-state index contributed by atoms with van der Waals surface area (Å²) in [6.45, 7) is 0.129. The second kappa shape index (κ2) is 4.96. The summed E-state index contributed by atoms with van der Waals surface area (Å²) >= 11 is 3.38. The lowest BCUT2D eigenvalue weighted by Gasteiger charge is -2.31. The van der Waals surface area contributed by atoms with Gasteiger partial charge in [-0.15, -0.1) is 0 Å². The number of nitrogens with one attached hydrogen (secondary N) is 1. The molecule has 2 aliphatic rings. The van der Waals surface area contributed by atoms with Gasteiger partial charge in [-0.3, -0.25) is 9.59 Å². The van der Waals surface area contributed by atoms with Gasteiger partial charge in [-0.25, -0.2) is 0 Å². The number of carbonyl (C=O) groups is 2. The van der Waals surface area contributed by atoms with E-state index >= 15 is 0 Å². The molecule has 0 bridgehead atoms. The lowest BCUT2D eigenvalue weighted by molar-refractivity contribution is -0.124. The van der Waals surface area contributed by atoms with Gasteiger partial charge in [-0.1, -0.05) is 28.8 Å². The standard InChI is InChI=1S/C14H15BrN2O2/c15-10-5-6-12-11(7-10)16-13(18)8-17(12)14(19)9-3-1-2-4-9/h5-7,9H,1-4,8H2,(H,16,18). The van der Waals surface area contributed by atoms with Gasteiger partial charge in [0, 0.05) is 10.4 Å². The van der Waals surface area contributed by atoms with Crippen LogP contribution in [0.25, 0.3) is 0 Å². The monoisotopic (exact) mass is 322 g/mol. The number of rotatable bonds is 1. The summed E-state index contributed by atoms with van der Waals surface area (Å²) in [5, 5.41) is 2.81. The molecule has 1 fully saturated rings. The molecule has 3 rings (SSSR count). The van der Waals surface area contributed by atoms with Gasteiger partial charge in [-0.05, 0) is 31.0 Å². The molecule has 1 aromatic rings. The van der Waals surface area contributed by atoms with Crippen LogP contribution in [-0.2, 0) is 9.59 Å². The summed E-state index contributed by atoms with van der Waals surface area (Å²) < 4.78 is 0.890. The van der Waals surface area contributed by atoms with E-state index < -0.39 is 0 Å². The average Bonchev–Trinajstić information content (AvgIpc) is 2.90. The maximum Gasteiger partial charge on any atom is 0.244 e. The molecule has 19 heavy (non-hydrogen) atoms. The van der Waals surface area contributed by atoms with E-state index in [1.807, 2.05) is 18.2 Å². The molecule has 1 saturated carbocycles. The summed E-state index contributed by atoms with van der Waals surface area (Å²) in [5.41, 5.74) is 1.51. The van der Waals surface area contributed by atoms with Crippen LogP contribution in [-0.4, -0.2) is 18.4 Å². The number of halogens is 1. The molecule has 0 radical (unpaired) electrons. The maximum absolute atomic E-state index is 12.5. The minimum absolute atomic E-state index is 0.0856. The fourth-order valence-electron chi connectivity index (χ4n) is 2.85. The van der Waals surface area contributed by atoms with Crippen molar-refractivity contribution in [3.63, 3.8) is 0 Å². The zero-order chi connectivity index (χ0) is 13.4. The van der Waals surface area contributed by atoms with Crippen molar-refractivity contribution >= 4 is 39.1 Å². The predicted octanol–water partition coefficient (Wildman–Crippen LogP) is 2.92. The number of nitrogens with zero attached hydrogens (tertiary/aromatic N) is 1. The summed E-state index contributed by atoms with van der Waals surface area (Å²) in [5.74, 6) is 0.0512. The number of carbonyl (C=O) groups excluding carboxylic acids is 2. The molecule has 0 unspecified atom stereocenters. The highest BCUT2D eigenvalue weighted by atomic mass is 79.9. The van der Waals surface area contributed by atoms with E-state index in [9.17, 15) is 9.59 Å². The molecule has 5 heteroatoms. The van der Waals surface area contributed by atoms with Crippen LogP contribution in [0.4, 0.5) is 11.4 Å². The lowest BCUT2D eigenvalue weighted by atomic mass is 10.0. The third-order valence-electron chi connectivity index (χ3n) is 3.80. The zero-order valence-corrected chi connectivity index (χ0v) is 12.1. The molecule has 1 aliphatic carbocycles. The molecule has 1 heterocycles. The number of fused-ring (bicyclic) bond motifs is 1. The first-order valence-electron chi connectivity index (χ1n) is 6.56. The second-order valence-electron chi connectivity index (χ2n) is 5.12. The molecule has 2 amide bonds. The van der Waals surface area contributed by atoms with Crippen molar-refractivity contribution in [1.29, 1.82) is 0 Å². The Balaban J connectivity index is 1.94. The third-order valence-corrected chi connectivity index (χ3v) is 4.29. The van der Waals surface area contributed by atoms with Crippen LogP contribution in [0.5, 0.6) is 0 Å². The molecule has 100 valence electrons. The average molecular weight is 323 g/mol. The number of hydrogen-bond acceptors (Lipinski definition) is 2. The van der Waals surface area contributed by atoms with E-state index in [1.54, 1.807) is 4.90 Å². The Hall–Kier alpha value is -1.36. The topological polar surface area (TPSA) is 49.4 Å². The molecule has 0 saturated heterocycles. The quantitative estimate of drug-likeness (QED) is 0.864. The van der Waals surface area contributed by atoms with Crippen molar-refractivity contribution in [2.45, 2.75) is 25.7 Å². The Morgan fingerprint density at radius 2 is 2.05 bits per heavy atom. The van der Waals surface area contributed by atoms with Gasteiger partial charge >= 0.3 is 0 Å². The van der Waals surface area contributed by atoms with Crippen LogP contribution >= 0.6 is 15.9 Å². The molecule has 1 aliphatic heterocycles. The van der Waals surface area contributed by atoms with Gasteiger partial charge in [0.15, 0.2) is 0 Å². The van der Waals surface area contributed by atoms with Crippen LogP contribution in [0.3, 0.4) is 0 Å². The normalized spacial score (nSPS) is 19.2. The smallest absolute Gasteiger partial charge is 0.244 e. The highest BCUT2D eigenvalue weighted by Crippen LogP contribution is 2.35. The van der Waals surface area contributed by atoms with Crippen LogP contribution in [0.15, 0.2) is 22.7 Å². The predicted molar refractivity (Wildman–Crippen MR) is 77.1 cm³/mol. The van der Waals surface area contributed by atoms with E-state index in [2.05, 4.69) is 21.2 Å². The first-order valence-corrected chi connectivity index (χ1v) is 7.35. The van der Waals surface area contributed by atoms with Crippen LogP contribution in [0.1, 0.15) is 25.7 Å². The number of amides is 2. The van der Waals surface area contributed by atoms with Crippen molar-refractivity contribution in [3.05, 3.63) is 22.7 Å². The van der Waals surface area contributed by atoms with E-state index in [0.717, 1.165) is 35.8 Å². The van der Waals surface area contributed by atoms with Crippen molar-refractivity contribution in [2.75, 3.05) is 16.8 Å². The fourth-order valence-corrected chi connectivity index (χ4v) is 3.21. The van der Waals surface area contributed by atoms with Gasteiger partial charge in [0.2, 0.25) is 11.8 Å². The van der Waals surface area contributed by atoms with Crippen molar-refractivity contribution in [2.24, 2.45) is 5.92 Å². The first kappa shape index (κ1) is 12.7. The van der Waals surface area contributed by atoms with Crippen LogP contribution < -0.4 is 10.2 Å². The highest BCUT2D eigenvalue weighted by molar-refractivity contribution is 9.10. The Bertz CT molecular complexity index is 538. The van der Waals surface area contributed by atoms with Gasteiger partial charge in [0.25, 0.3) is 0 Å². The number of anilines is 2. The zero-order valence-electron chi connectivity index (χ0n) is 10.5. The Morgan fingerprint density at radius 1 is 1.32 bits per heavy atom. The Kier molecular flexibility index (Phi) is 3.31. The molecule has 1 aromatic carbocycles. The fraction of sp³-hybridized carbons (Fsp3) is 0.429. The Morgan fingerprint density at radius 3 is 2.79 bits per heavy atom. The molecule has 0 atom stereocenters. The molecular weight excluding hydrogens is 308 g/mol. The minimum atomic E-state index is -0.128. The summed E-state index contributed by atoms with van der Waals surface area (Å²) in [6, 6.07) is 5.61. The summed E-state index contributed by atoms with van der Waals surface area (Å²) in [6.07, 6.45) is 4.12. The van der Waals surface area contributed by atoms with Gasteiger partial charge in [0.1, 0.15) is 6.54 Å². The van der Waals surface area contributed by atoms with Crippen LogP contribution in [0, 0.1) is 5.92 Å². The lowest BCUT2D eigenvalue weighted by Crippen LogP contribution is -2.44. The maximum atomic E-state index is 12.5. The van der Waals surface area contributed by atoms with E-state index in [0.29, 0.717) is 5.69 Å². The molecular formula is C14H15BrN2O2. The molecule has 0 spiro atoms. The van der Waals surface area contributed by atoms with Crippen LogP contribution in [0.2, 0.25) is 0 Å². The SMILES string of the molecule is O=C1CN(C(=O)C2CCCC2)c2ccc(Br)cc2N1. The van der Waals surface area contributed by atoms with Crippen molar-refractivity contribution in [1.82, 2.24) is 0 Å². The largest absolute Gasteiger partial charge is 0.323 e. The third kappa shape index (κ3) is 2.39. The van der Waals surface area contributed by atoms with E-state index in [1.165, 1.54) is 0 Å². The minimum Gasteiger partial charge on any atom is -0.323 e. The van der Waals surface area contributed by atoms with Crippen molar-refractivity contribution in [3.8, 4) is 0 Å². The first-order chi connectivity index (χ1) is 9.15. The summed E-state index contributed by atoms with van der Waals surface area (Å²) in [4.78, 5) is 25.9.